The second kappa shape index (κ2) is 9.36. The Labute approximate surface area is 207 Å². The molecule has 3 aromatic carbocycles. The fourth-order valence-electron chi connectivity index (χ4n) is 4.61. The third-order valence-electron chi connectivity index (χ3n) is 6.58. The lowest BCUT2D eigenvalue weighted by atomic mass is 10.1. The molecule has 1 N–H and O–H groups in total. The first-order valence-corrected chi connectivity index (χ1v) is 13.6. The van der Waals surface area contributed by atoms with Gasteiger partial charge in [-0.15, -0.1) is 4.31 Å². The summed E-state index contributed by atoms with van der Waals surface area (Å²) in [5.74, 6) is 1.64. The van der Waals surface area contributed by atoms with Crippen molar-refractivity contribution in [3.05, 3.63) is 71.8 Å². The van der Waals surface area contributed by atoms with Gasteiger partial charge in [0, 0.05) is 46.4 Å². The summed E-state index contributed by atoms with van der Waals surface area (Å²) in [6.07, 6.45) is 0. The van der Waals surface area contributed by atoms with E-state index in [1.165, 1.54) is 15.4 Å². The Balaban J connectivity index is 1.07. The van der Waals surface area contributed by atoms with E-state index in [9.17, 15) is 4.55 Å². The number of benzene rings is 3. The third kappa shape index (κ3) is 4.36. The zero-order valence-corrected chi connectivity index (χ0v) is 20.7. The van der Waals surface area contributed by atoms with Crippen LogP contribution in [0.25, 0.3) is 0 Å². The minimum absolute atomic E-state index is 0.0605. The molecule has 1 saturated heterocycles. The summed E-state index contributed by atoms with van der Waals surface area (Å²) in [6.45, 7) is 6.62. The highest BCUT2D eigenvalue weighted by Gasteiger charge is 2.31. The average molecular weight is 494 g/mol. The first-order chi connectivity index (χ1) is 16.6. The third-order valence-corrected chi connectivity index (χ3v) is 9.48. The Morgan fingerprint density at radius 1 is 0.941 bits per heavy atom. The molecule has 3 heterocycles. The topological polar surface area (TPSA) is 60.0 Å². The van der Waals surface area contributed by atoms with Crippen LogP contribution in [-0.2, 0) is 17.9 Å². The van der Waals surface area contributed by atoms with Crippen molar-refractivity contribution in [3.63, 3.8) is 0 Å². The number of nitrogens with one attached hydrogen (secondary N) is 1. The lowest BCUT2D eigenvalue weighted by Gasteiger charge is -2.36. The Hall–Kier alpha value is -2.36. The molecule has 176 valence electrons. The van der Waals surface area contributed by atoms with Crippen LogP contribution in [0, 0.1) is 0 Å². The van der Waals surface area contributed by atoms with E-state index in [4.69, 9.17) is 9.47 Å². The number of hydrogen-bond donors (Lipinski definition) is 1. The highest BCUT2D eigenvalue weighted by atomic mass is 32.2. The van der Waals surface area contributed by atoms with E-state index >= 15 is 0 Å². The molecule has 3 aliphatic rings. The molecule has 6 nitrogen and oxygen atoms in total. The summed E-state index contributed by atoms with van der Waals surface area (Å²) in [6, 6.07) is 20.9. The van der Waals surface area contributed by atoms with Gasteiger partial charge in [-0.05, 0) is 48.9 Å². The quantitative estimate of drug-likeness (QED) is 0.385. The molecule has 3 aromatic rings. The normalized spacial score (nSPS) is 19.1. The molecular weight excluding hydrogens is 466 g/mol. The first-order valence-electron chi connectivity index (χ1n) is 11.6. The largest absolute Gasteiger partial charge is 0.597 e. The van der Waals surface area contributed by atoms with Crippen LogP contribution in [0.5, 0.6) is 11.5 Å². The molecule has 0 saturated carbocycles. The summed E-state index contributed by atoms with van der Waals surface area (Å²) in [5, 5.41) is 3.48. The maximum absolute atomic E-state index is 13.4. The molecule has 34 heavy (non-hydrogen) atoms. The summed E-state index contributed by atoms with van der Waals surface area (Å²) in [7, 11) is 0. The van der Waals surface area contributed by atoms with Gasteiger partial charge in [-0.25, -0.2) is 0 Å². The predicted molar refractivity (Wildman–Crippen MR) is 136 cm³/mol. The van der Waals surface area contributed by atoms with Gasteiger partial charge in [0.1, 0.15) is 0 Å². The molecule has 0 radical (unpaired) electrons. The van der Waals surface area contributed by atoms with Crippen LogP contribution >= 0.6 is 11.8 Å². The summed E-state index contributed by atoms with van der Waals surface area (Å²) in [4.78, 5) is 4.85. The number of piperazine rings is 1. The second-order valence-electron chi connectivity index (χ2n) is 8.79. The molecule has 0 amide bonds. The van der Waals surface area contributed by atoms with E-state index in [0.29, 0.717) is 6.79 Å². The summed E-state index contributed by atoms with van der Waals surface area (Å²) >= 11 is 0.704. The molecular formula is C26H27N3O3S2. The standard InChI is InChI=1S/C26H27N3O3S2/c1-18(20-7-9-26-22(15-20)27-21-4-2-3-5-25(21)33-26)34(30)29-12-10-28(11-13-29)16-19-6-8-23-24(14-19)32-17-31-23/h2-9,14-15,18,27H,10-13,16-17H2,1H3. The molecule has 0 aliphatic carbocycles. The van der Waals surface area contributed by atoms with Crippen LogP contribution in [-0.4, -0.2) is 46.7 Å². The SMILES string of the molecule is CC(c1ccc2c(c1)Nc1ccccc1S2)[S+]([O-])N1CCN(Cc2ccc3c(c2)OCO3)CC1. The zero-order valence-electron chi connectivity index (χ0n) is 19.0. The van der Waals surface area contributed by atoms with Crippen molar-refractivity contribution in [3.8, 4) is 11.5 Å². The fourth-order valence-corrected chi connectivity index (χ4v) is 6.93. The van der Waals surface area contributed by atoms with Crippen molar-refractivity contribution in [2.75, 3.05) is 38.3 Å². The molecule has 0 bridgehead atoms. The zero-order chi connectivity index (χ0) is 23.1. The first kappa shape index (κ1) is 22.1. The molecule has 0 spiro atoms. The highest BCUT2D eigenvalue weighted by molar-refractivity contribution is 7.99. The fraction of sp³-hybridized carbons (Fsp3) is 0.308. The van der Waals surface area contributed by atoms with E-state index < -0.39 is 11.4 Å². The van der Waals surface area contributed by atoms with E-state index in [1.807, 2.05) is 12.1 Å². The Bertz CT molecular complexity index is 1200. The van der Waals surface area contributed by atoms with E-state index in [-0.39, 0.29) is 5.25 Å². The van der Waals surface area contributed by atoms with Crippen molar-refractivity contribution in [2.24, 2.45) is 0 Å². The summed E-state index contributed by atoms with van der Waals surface area (Å²) < 4.78 is 26.5. The van der Waals surface area contributed by atoms with E-state index in [1.54, 1.807) is 11.8 Å². The molecule has 6 rings (SSSR count). The molecule has 2 unspecified atom stereocenters. The van der Waals surface area contributed by atoms with Gasteiger partial charge in [-0.3, -0.25) is 4.90 Å². The minimum Gasteiger partial charge on any atom is -0.597 e. The Morgan fingerprint density at radius 3 is 2.62 bits per heavy atom. The number of nitrogens with zero attached hydrogens (tertiary/aromatic N) is 2. The summed E-state index contributed by atoms with van der Waals surface area (Å²) in [5.41, 5.74) is 4.55. The van der Waals surface area contributed by atoms with Gasteiger partial charge in [0.05, 0.1) is 24.5 Å². The number of anilines is 2. The highest BCUT2D eigenvalue weighted by Crippen LogP contribution is 2.45. The van der Waals surface area contributed by atoms with Crippen molar-refractivity contribution in [1.29, 1.82) is 0 Å². The number of rotatable bonds is 5. The van der Waals surface area contributed by atoms with Gasteiger partial charge in [-0.2, -0.15) is 0 Å². The minimum atomic E-state index is -1.07. The van der Waals surface area contributed by atoms with Gasteiger partial charge >= 0.3 is 0 Å². The number of fused-ring (bicyclic) bond motifs is 3. The Kier molecular flexibility index (Phi) is 6.09. The monoisotopic (exact) mass is 493 g/mol. The second-order valence-corrected chi connectivity index (χ2v) is 11.6. The van der Waals surface area contributed by atoms with Crippen molar-refractivity contribution < 1.29 is 14.0 Å². The van der Waals surface area contributed by atoms with Gasteiger partial charge in [0.25, 0.3) is 0 Å². The average Bonchev–Trinajstić information content (AvgIpc) is 3.35. The number of hydrogen-bond acceptors (Lipinski definition) is 7. The van der Waals surface area contributed by atoms with Gasteiger partial charge in [-0.1, -0.05) is 36.0 Å². The maximum Gasteiger partial charge on any atom is 0.231 e. The molecule has 1 fully saturated rings. The van der Waals surface area contributed by atoms with Crippen LogP contribution in [0.1, 0.15) is 23.3 Å². The molecule has 2 atom stereocenters. The van der Waals surface area contributed by atoms with E-state index in [2.05, 4.69) is 70.0 Å². The maximum atomic E-state index is 13.4. The van der Waals surface area contributed by atoms with Crippen molar-refractivity contribution in [2.45, 2.75) is 28.5 Å². The van der Waals surface area contributed by atoms with Crippen LogP contribution in [0.3, 0.4) is 0 Å². The van der Waals surface area contributed by atoms with Crippen molar-refractivity contribution in [1.82, 2.24) is 9.21 Å². The lowest BCUT2D eigenvalue weighted by molar-refractivity contribution is 0.173. The van der Waals surface area contributed by atoms with E-state index in [0.717, 1.165) is 61.2 Å². The predicted octanol–water partition coefficient (Wildman–Crippen LogP) is 5.17. The number of para-hydroxylation sites is 1. The van der Waals surface area contributed by atoms with Gasteiger partial charge < -0.3 is 19.3 Å². The van der Waals surface area contributed by atoms with Crippen molar-refractivity contribution >= 4 is 34.5 Å². The molecule has 0 aromatic heterocycles. The smallest absolute Gasteiger partial charge is 0.231 e. The van der Waals surface area contributed by atoms with Gasteiger partial charge in [0.2, 0.25) is 6.79 Å². The van der Waals surface area contributed by atoms with Crippen LogP contribution in [0.4, 0.5) is 11.4 Å². The Morgan fingerprint density at radius 2 is 1.74 bits per heavy atom. The van der Waals surface area contributed by atoms with Gasteiger partial charge in [0.15, 0.2) is 16.7 Å². The van der Waals surface area contributed by atoms with Crippen LogP contribution in [0.2, 0.25) is 0 Å². The molecule has 8 heteroatoms. The lowest BCUT2D eigenvalue weighted by Crippen LogP contribution is -2.49. The number of ether oxygens (including phenoxy) is 2. The molecule has 3 aliphatic heterocycles. The van der Waals surface area contributed by atoms with Crippen LogP contribution in [0.15, 0.2) is 70.5 Å². The van der Waals surface area contributed by atoms with Crippen LogP contribution < -0.4 is 14.8 Å².